The lowest BCUT2D eigenvalue weighted by Gasteiger charge is -2.10. The van der Waals surface area contributed by atoms with E-state index in [0.29, 0.717) is 29.8 Å². The molecule has 3 heterocycles. The van der Waals surface area contributed by atoms with Crippen LogP contribution in [0.15, 0.2) is 46.3 Å². The highest BCUT2D eigenvalue weighted by molar-refractivity contribution is 6.02. The molecule has 0 fully saturated rings. The van der Waals surface area contributed by atoms with Crippen LogP contribution in [0.5, 0.6) is 0 Å². The van der Waals surface area contributed by atoms with Gasteiger partial charge in [-0.15, -0.1) is 0 Å². The summed E-state index contributed by atoms with van der Waals surface area (Å²) in [6.45, 7) is 4.21. The fraction of sp³-hybridized carbons (Fsp3) is 0.211. The standard InChI is InChI=1S/C19H17N3O2/c1-3-15(21-24)14-9-17-18-13(10-22(17)19(23)11(14)2)8-12-6-4-5-7-16(12)20-18/h4-9,24H,3,10H2,1-2H3/b21-15-. The van der Waals surface area contributed by atoms with Crippen molar-refractivity contribution < 1.29 is 5.21 Å². The SMILES string of the molecule is CC/C(=N/O)c1cc2n(c(=O)c1C)Cc1cc3ccccc3nc1-2. The van der Waals surface area contributed by atoms with Crippen LogP contribution in [0.3, 0.4) is 0 Å². The van der Waals surface area contributed by atoms with Gasteiger partial charge in [0.25, 0.3) is 5.56 Å². The molecule has 1 aromatic carbocycles. The van der Waals surface area contributed by atoms with Crippen molar-refractivity contribution in [2.45, 2.75) is 26.8 Å². The predicted octanol–water partition coefficient (Wildman–Crippen LogP) is 3.32. The molecular weight excluding hydrogens is 302 g/mol. The normalized spacial score (nSPS) is 13.2. The molecule has 24 heavy (non-hydrogen) atoms. The molecule has 0 saturated heterocycles. The first kappa shape index (κ1) is 14.6. The van der Waals surface area contributed by atoms with Crippen LogP contribution in [-0.4, -0.2) is 20.5 Å². The van der Waals surface area contributed by atoms with E-state index >= 15 is 0 Å². The van der Waals surface area contributed by atoms with Crippen molar-refractivity contribution in [3.8, 4) is 11.4 Å². The minimum atomic E-state index is -0.0563. The number of para-hydroxylation sites is 1. The largest absolute Gasteiger partial charge is 0.411 e. The molecule has 0 radical (unpaired) electrons. The van der Waals surface area contributed by atoms with Crippen molar-refractivity contribution in [1.82, 2.24) is 9.55 Å². The van der Waals surface area contributed by atoms with Gasteiger partial charge in [-0.2, -0.15) is 0 Å². The van der Waals surface area contributed by atoms with E-state index in [0.717, 1.165) is 27.9 Å². The number of benzene rings is 1. The number of hydrogen-bond acceptors (Lipinski definition) is 4. The lowest BCUT2D eigenvalue weighted by molar-refractivity contribution is 0.318. The summed E-state index contributed by atoms with van der Waals surface area (Å²) in [6.07, 6.45) is 0.554. The van der Waals surface area contributed by atoms with Crippen LogP contribution in [0, 0.1) is 6.92 Å². The fourth-order valence-corrected chi connectivity index (χ4v) is 3.39. The molecule has 1 aliphatic heterocycles. The van der Waals surface area contributed by atoms with E-state index in [1.165, 1.54) is 0 Å². The van der Waals surface area contributed by atoms with Gasteiger partial charge in [-0.1, -0.05) is 30.3 Å². The predicted molar refractivity (Wildman–Crippen MR) is 93.9 cm³/mol. The number of fused-ring (bicyclic) bond motifs is 4. The van der Waals surface area contributed by atoms with Crippen LogP contribution in [0.4, 0.5) is 0 Å². The Morgan fingerprint density at radius 3 is 2.88 bits per heavy atom. The minimum absolute atomic E-state index is 0.0563. The molecule has 2 aromatic heterocycles. The molecule has 0 unspecified atom stereocenters. The van der Waals surface area contributed by atoms with E-state index in [1.807, 2.05) is 37.3 Å². The molecule has 4 rings (SSSR count). The second kappa shape index (κ2) is 5.30. The number of pyridine rings is 2. The molecule has 0 atom stereocenters. The van der Waals surface area contributed by atoms with E-state index < -0.39 is 0 Å². The number of hydrogen-bond donors (Lipinski definition) is 1. The zero-order valence-electron chi connectivity index (χ0n) is 13.6. The zero-order valence-corrected chi connectivity index (χ0v) is 13.6. The quantitative estimate of drug-likeness (QED) is 0.350. The number of nitrogens with zero attached hydrogens (tertiary/aromatic N) is 3. The Kier molecular flexibility index (Phi) is 3.23. The summed E-state index contributed by atoms with van der Waals surface area (Å²) in [5.41, 5.74) is 5.33. The highest BCUT2D eigenvalue weighted by Crippen LogP contribution is 2.32. The molecule has 1 N–H and O–H groups in total. The van der Waals surface area contributed by atoms with Gasteiger partial charge in [0, 0.05) is 22.1 Å². The van der Waals surface area contributed by atoms with Gasteiger partial charge >= 0.3 is 0 Å². The van der Waals surface area contributed by atoms with Crippen LogP contribution in [-0.2, 0) is 6.54 Å². The number of rotatable bonds is 2. The summed E-state index contributed by atoms with van der Waals surface area (Å²) >= 11 is 0. The average molecular weight is 319 g/mol. The molecule has 5 nitrogen and oxygen atoms in total. The molecule has 0 bridgehead atoms. The molecule has 0 aliphatic carbocycles. The van der Waals surface area contributed by atoms with Crippen molar-refractivity contribution in [2.75, 3.05) is 0 Å². The van der Waals surface area contributed by atoms with Crippen LogP contribution < -0.4 is 5.56 Å². The van der Waals surface area contributed by atoms with E-state index in [9.17, 15) is 10.0 Å². The summed E-state index contributed by atoms with van der Waals surface area (Å²) in [4.78, 5) is 17.5. The van der Waals surface area contributed by atoms with Crippen molar-refractivity contribution in [1.29, 1.82) is 0 Å². The topological polar surface area (TPSA) is 67.5 Å². The monoisotopic (exact) mass is 319 g/mol. The smallest absolute Gasteiger partial charge is 0.254 e. The van der Waals surface area contributed by atoms with Gasteiger partial charge < -0.3 is 9.77 Å². The summed E-state index contributed by atoms with van der Waals surface area (Å²) < 4.78 is 1.75. The third-order valence-corrected chi connectivity index (χ3v) is 4.68. The third kappa shape index (κ3) is 1.98. The molecule has 0 spiro atoms. The Hall–Kier alpha value is -2.95. The molecule has 1 aliphatic rings. The van der Waals surface area contributed by atoms with E-state index in [4.69, 9.17) is 4.98 Å². The average Bonchev–Trinajstić information content (AvgIpc) is 2.96. The van der Waals surface area contributed by atoms with E-state index in [1.54, 1.807) is 11.5 Å². The minimum Gasteiger partial charge on any atom is -0.411 e. The van der Waals surface area contributed by atoms with Crippen LogP contribution >= 0.6 is 0 Å². The first-order valence-corrected chi connectivity index (χ1v) is 7.98. The maximum absolute atomic E-state index is 12.8. The second-order valence-corrected chi connectivity index (χ2v) is 6.05. The van der Waals surface area contributed by atoms with E-state index in [2.05, 4.69) is 11.2 Å². The van der Waals surface area contributed by atoms with Gasteiger partial charge in [0.15, 0.2) is 0 Å². The van der Waals surface area contributed by atoms with Crippen molar-refractivity contribution in [3.05, 3.63) is 63.4 Å². The van der Waals surface area contributed by atoms with Gasteiger partial charge in [-0.25, -0.2) is 4.98 Å². The summed E-state index contributed by atoms with van der Waals surface area (Å²) in [7, 11) is 0. The first-order chi connectivity index (χ1) is 11.6. The fourth-order valence-electron chi connectivity index (χ4n) is 3.39. The Morgan fingerprint density at radius 1 is 1.33 bits per heavy atom. The highest BCUT2D eigenvalue weighted by atomic mass is 16.4. The Balaban J connectivity index is 2.02. The Bertz CT molecular complexity index is 1060. The molecule has 120 valence electrons. The third-order valence-electron chi connectivity index (χ3n) is 4.68. The van der Waals surface area contributed by atoms with Crippen molar-refractivity contribution in [2.24, 2.45) is 5.16 Å². The van der Waals surface area contributed by atoms with Gasteiger partial charge in [0.05, 0.1) is 29.2 Å². The van der Waals surface area contributed by atoms with Gasteiger partial charge in [-0.3, -0.25) is 4.79 Å². The van der Waals surface area contributed by atoms with Crippen LogP contribution in [0.2, 0.25) is 0 Å². The Labute approximate surface area is 138 Å². The van der Waals surface area contributed by atoms with Gasteiger partial charge in [-0.05, 0) is 31.5 Å². The molecule has 0 amide bonds. The lowest BCUT2D eigenvalue weighted by Crippen LogP contribution is -2.24. The molecule has 5 heteroatoms. The Morgan fingerprint density at radius 2 is 2.12 bits per heavy atom. The highest BCUT2D eigenvalue weighted by Gasteiger charge is 2.25. The second-order valence-electron chi connectivity index (χ2n) is 6.05. The summed E-state index contributed by atoms with van der Waals surface area (Å²) in [5, 5.41) is 13.7. The lowest BCUT2D eigenvalue weighted by atomic mass is 10.0. The number of aromatic nitrogens is 2. The molecule has 3 aromatic rings. The molecular formula is C19H17N3O2. The van der Waals surface area contributed by atoms with Crippen molar-refractivity contribution >= 4 is 16.6 Å². The summed E-state index contributed by atoms with van der Waals surface area (Å²) in [6, 6.07) is 12.0. The molecule has 0 saturated carbocycles. The number of oxime groups is 1. The van der Waals surface area contributed by atoms with Crippen molar-refractivity contribution in [3.63, 3.8) is 0 Å². The summed E-state index contributed by atoms with van der Waals surface area (Å²) in [5.74, 6) is 0. The van der Waals surface area contributed by atoms with Crippen LogP contribution in [0.1, 0.15) is 30.0 Å². The van der Waals surface area contributed by atoms with E-state index in [-0.39, 0.29) is 5.56 Å². The maximum atomic E-state index is 12.8. The van der Waals surface area contributed by atoms with Crippen LogP contribution in [0.25, 0.3) is 22.3 Å². The zero-order chi connectivity index (χ0) is 16.8. The first-order valence-electron chi connectivity index (χ1n) is 7.98. The van der Waals surface area contributed by atoms with Gasteiger partial charge in [0.2, 0.25) is 0 Å². The van der Waals surface area contributed by atoms with Gasteiger partial charge in [0.1, 0.15) is 0 Å². The maximum Gasteiger partial charge on any atom is 0.254 e.